The number of hydrogen-bond donors (Lipinski definition) is 1. The van der Waals surface area contributed by atoms with Gasteiger partial charge in [-0.15, -0.1) is 0 Å². The monoisotopic (exact) mass is 285 g/mol. The molecule has 0 unspecified atom stereocenters. The van der Waals surface area contributed by atoms with Crippen molar-refractivity contribution in [3.8, 4) is 5.75 Å². The first-order valence-corrected chi connectivity index (χ1v) is 6.96. The molecule has 0 aliphatic rings. The lowest BCUT2D eigenvalue weighted by Gasteiger charge is -2.06. The van der Waals surface area contributed by atoms with Gasteiger partial charge in [0.1, 0.15) is 5.75 Å². The zero-order valence-corrected chi connectivity index (χ0v) is 12.5. The summed E-state index contributed by atoms with van der Waals surface area (Å²) in [5.41, 5.74) is 3.13. The third-order valence-corrected chi connectivity index (χ3v) is 3.32. The molecule has 0 saturated carbocycles. The molecule has 0 spiro atoms. The number of ether oxygens (including phenoxy) is 1. The first-order valence-electron chi connectivity index (χ1n) is 6.96. The first-order chi connectivity index (χ1) is 10.0. The SMILES string of the molecule is CCC(=O)c1ccc(OCC(=O)c2cc(C)[nH]c2C)cc1. The second-order valence-electron chi connectivity index (χ2n) is 5.00. The smallest absolute Gasteiger partial charge is 0.201 e. The minimum absolute atomic E-state index is 0.0147. The number of rotatable bonds is 6. The number of ketones is 2. The molecule has 0 aliphatic carbocycles. The van der Waals surface area contributed by atoms with E-state index in [-0.39, 0.29) is 18.2 Å². The Balaban J connectivity index is 1.98. The lowest BCUT2D eigenvalue weighted by molar-refractivity contribution is 0.0919. The van der Waals surface area contributed by atoms with Crippen LogP contribution < -0.4 is 4.74 Å². The molecular weight excluding hydrogens is 266 g/mol. The van der Waals surface area contributed by atoms with E-state index in [0.717, 1.165) is 11.4 Å². The molecule has 0 saturated heterocycles. The van der Waals surface area contributed by atoms with Crippen molar-refractivity contribution >= 4 is 11.6 Å². The molecule has 0 amide bonds. The lowest BCUT2D eigenvalue weighted by Crippen LogP contribution is -2.12. The van der Waals surface area contributed by atoms with Crippen LogP contribution in [0.1, 0.15) is 45.4 Å². The molecule has 110 valence electrons. The molecule has 2 rings (SSSR count). The molecule has 1 heterocycles. The van der Waals surface area contributed by atoms with Gasteiger partial charge >= 0.3 is 0 Å². The number of aromatic amines is 1. The Kier molecular flexibility index (Phi) is 4.58. The number of aryl methyl sites for hydroxylation is 2. The predicted molar refractivity (Wildman–Crippen MR) is 81.2 cm³/mol. The number of hydrogen-bond acceptors (Lipinski definition) is 3. The second-order valence-corrected chi connectivity index (χ2v) is 5.00. The van der Waals surface area contributed by atoms with Crippen LogP contribution in [0, 0.1) is 13.8 Å². The third-order valence-electron chi connectivity index (χ3n) is 3.32. The van der Waals surface area contributed by atoms with E-state index in [1.54, 1.807) is 24.3 Å². The Morgan fingerprint density at radius 1 is 1.10 bits per heavy atom. The van der Waals surface area contributed by atoms with Crippen LogP contribution in [0.25, 0.3) is 0 Å². The number of nitrogens with one attached hydrogen (secondary N) is 1. The molecule has 1 aromatic carbocycles. The molecule has 2 aromatic rings. The molecule has 0 atom stereocenters. The highest BCUT2D eigenvalue weighted by Crippen LogP contribution is 2.15. The maximum Gasteiger partial charge on any atom is 0.201 e. The number of Topliss-reactive ketones (excluding diaryl/α,β-unsaturated/α-hetero) is 2. The van der Waals surface area contributed by atoms with Gasteiger partial charge in [-0.1, -0.05) is 6.92 Å². The van der Waals surface area contributed by atoms with Crippen LogP contribution in [0.2, 0.25) is 0 Å². The van der Waals surface area contributed by atoms with E-state index in [0.29, 0.717) is 23.3 Å². The molecular formula is C17H19NO3. The number of benzene rings is 1. The van der Waals surface area contributed by atoms with Crippen molar-refractivity contribution in [3.05, 3.63) is 52.8 Å². The van der Waals surface area contributed by atoms with Gasteiger partial charge in [0, 0.05) is 28.9 Å². The third kappa shape index (κ3) is 3.60. The summed E-state index contributed by atoms with van der Waals surface area (Å²) in [5.74, 6) is 0.613. The van der Waals surface area contributed by atoms with Gasteiger partial charge in [0.15, 0.2) is 12.4 Å². The van der Waals surface area contributed by atoms with Gasteiger partial charge in [-0.3, -0.25) is 9.59 Å². The standard InChI is InChI=1S/C17H19NO3/c1-4-16(19)13-5-7-14(8-6-13)21-10-17(20)15-9-11(2)18-12(15)3/h5-9,18H,4,10H2,1-3H3. The quantitative estimate of drug-likeness (QED) is 0.826. The second kappa shape index (κ2) is 6.39. The van der Waals surface area contributed by atoms with Gasteiger partial charge in [0.2, 0.25) is 5.78 Å². The van der Waals surface area contributed by atoms with Gasteiger partial charge in [0.25, 0.3) is 0 Å². The molecule has 0 aliphatic heterocycles. The topological polar surface area (TPSA) is 59.2 Å². The Morgan fingerprint density at radius 3 is 2.29 bits per heavy atom. The highest BCUT2D eigenvalue weighted by atomic mass is 16.5. The van der Waals surface area contributed by atoms with Crippen LogP contribution in [0.5, 0.6) is 5.75 Å². The van der Waals surface area contributed by atoms with Crippen molar-refractivity contribution in [1.82, 2.24) is 4.98 Å². The van der Waals surface area contributed by atoms with E-state index in [1.807, 2.05) is 26.8 Å². The van der Waals surface area contributed by atoms with Crippen molar-refractivity contribution in [2.45, 2.75) is 27.2 Å². The molecule has 1 aromatic heterocycles. The average Bonchev–Trinajstić information content (AvgIpc) is 2.83. The van der Waals surface area contributed by atoms with Crippen molar-refractivity contribution < 1.29 is 14.3 Å². The van der Waals surface area contributed by atoms with E-state index in [4.69, 9.17) is 4.74 Å². The molecule has 21 heavy (non-hydrogen) atoms. The zero-order valence-electron chi connectivity index (χ0n) is 12.5. The maximum absolute atomic E-state index is 12.1. The highest BCUT2D eigenvalue weighted by Gasteiger charge is 2.12. The maximum atomic E-state index is 12.1. The minimum Gasteiger partial charge on any atom is -0.485 e. The minimum atomic E-state index is -0.0643. The molecule has 4 nitrogen and oxygen atoms in total. The summed E-state index contributed by atoms with van der Waals surface area (Å²) < 4.78 is 5.48. The van der Waals surface area contributed by atoms with Crippen molar-refractivity contribution in [1.29, 1.82) is 0 Å². The summed E-state index contributed by atoms with van der Waals surface area (Å²) in [6, 6.07) is 8.69. The van der Waals surface area contributed by atoms with Gasteiger partial charge in [-0.05, 0) is 44.2 Å². The Morgan fingerprint density at radius 2 is 1.76 bits per heavy atom. The molecule has 1 N–H and O–H groups in total. The zero-order chi connectivity index (χ0) is 15.4. The molecule has 4 heteroatoms. The van der Waals surface area contributed by atoms with Crippen molar-refractivity contribution in [2.24, 2.45) is 0 Å². The van der Waals surface area contributed by atoms with E-state index in [2.05, 4.69) is 4.98 Å². The number of carbonyl (C=O) groups is 2. The van der Waals surface area contributed by atoms with Crippen LogP contribution in [0.4, 0.5) is 0 Å². The van der Waals surface area contributed by atoms with Crippen LogP contribution >= 0.6 is 0 Å². The van der Waals surface area contributed by atoms with Gasteiger partial charge in [-0.25, -0.2) is 0 Å². The van der Waals surface area contributed by atoms with E-state index < -0.39 is 0 Å². The summed E-state index contributed by atoms with van der Waals surface area (Å²) >= 11 is 0. The number of aromatic nitrogens is 1. The fraction of sp³-hybridized carbons (Fsp3) is 0.294. The number of H-pyrrole nitrogens is 1. The molecule has 0 radical (unpaired) electrons. The summed E-state index contributed by atoms with van der Waals surface area (Å²) in [4.78, 5) is 26.7. The van der Waals surface area contributed by atoms with Crippen LogP contribution in [0.3, 0.4) is 0 Å². The van der Waals surface area contributed by atoms with E-state index in [1.165, 1.54) is 0 Å². The average molecular weight is 285 g/mol. The van der Waals surface area contributed by atoms with Gasteiger partial charge in [0.05, 0.1) is 0 Å². The molecule has 0 fully saturated rings. The van der Waals surface area contributed by atoms with Gasteiger partial charge < -0.3 is 9.72 Å². The fourth-order valence-corrected chi connectivity index (χ4v) is 2.18. The normalized spacial score (nSPS) is 10.4. The predicted octanol–water partition coefficient (Wildman–Crippen LogP) is 3.49. The highest BCUT2D eigenvalue weighted by molar-refractivity contribution is 5.98. The Hall–Kier alpha value is -2.36. The summed E-state index contributed by atoms with van der Waals surface area (Å²) in [5, 5.41) is 0. The lowest BCUT2D eigenvalue weighted by atomic mass is 10.1. The summed E-state index contributed by atoms with van der Waals surface area (Å²) in [6.07, 6.45) is 0.477. The summed E-state index contributed by atoms with van der Waals surface area (Å²) in [6.45, 7) is 5.59. The Labute approximate surface area is 124 Å². The fourth-order valence-electron chi connectivity index (χ4n) is 2.18. The largest absolute Gasteiger partial charge is 0.485 e. The Bertz CT molecular complexity index is 653. The van der Waals surface area contributed by atoms with E-state index >= 15 is 0 Å². The summed E-state index contributed by atoms with van der Waals surface area (Å²) in [7, 11) is 0. The van der Waals surface area contributed by atoms with Crippen LogP contribution in [0.15, 0.2) is 30.3 Å². The van der Waals surface area contributed by atoms with E-state index in [9.17, 15) is 9.59 Å². The first kappa shape index (κ1) is 15.0. The van der Waals surface area contributed by atoms with Crippen molar-refractivity contribution in [2.75, 3.05) is 6.61 Å². The van der Waals surface area contributed by atoms with Crippen LogP contribution in [-0.4, -0.2) is 23.2 Å². The number of carbonyl (C=O) groups excluding carboxylic acids is 2. The van der Waals surface area contributed by atoms with Crippen molar-refractivity contribution in [3.63, 3.8) is 0 Å². The van der Waals surface area contributed by atoms with Gasteiger partial charge in [-0.2, -0.15) is 0 Å². The molecule has 0 bridgehead atoms. The van der Waals surface area contributed by atoms with Crippen LogP contribution in [-0.2, 0) is 0 Å².